The maximum absolute atomic E-state index is 9.41. The number of hydrogen-bond acceptors (Lipinski definition) is 6. The Labute approximate surface area is 139 Å². The lowest BCUT2D eigenvalue weighted by molar-refractivity contribution is -0.128. The largest absolute Gasteiger partial charge is 0.472 e. The molecule has 122 valence electrons. The van der Waals surface area contributed by atoms with Crippen molar-refractivity contribution in [1.82, 2.24) is 9.97 Å². The first-order valence-electron chi connectivity index (χ1n) is 7.31. The van der Waals surface area contributed by atoms with Crippen LogP contribution in [0.5, 0.6) is 5.88 Å². The highest BCUT2D eigenvalue weighted by Crippen LogP contribution is 2.27. The predicted octanol–water partition coefficient (Wildman–Crippen LogP) is 2.13. The highest BCUT2D eigenvalue weighted by atomic mass is 35.5. The van der Waals surface area contributed by atoms with E-state index in [1.165, 1.54) is 0 Å². The number of benzene rings is 1. The maximum Gasteiger partial charge on any atom is 0.234 e. The van der Waals surface area contributed by atoms with Crippen molar-refractivity contribution in [2.75, 3.05) is 31.7 Å². The van der Waals surface area contributed by atoms with Gasteiger partial charge in [0, 0.05) is 11.6 Å². The van der Waals surface area contributed by atoms with Gasteiger partial charge in [0.05, 0.1) is 37.6 Å². The van der Waals surface area contributed by atoms with E-state index in [2.05, 4.69) is 15.3 Å². The third kappa shape index (κ3) is 4.10. The molecule has 1 fully saturated rings. The van der Waals surface area contributed by atoms with E-state index in [-0.39, 0.29) is 12.0 Å². The lowest BCUT2D eigenvalue weighted by Gasteiger charge is -2.39. The van der Waals surface area contributed by atoms with E-state index in [0.717, 1.165) is 5.56 Å². The molecule has 0 saturated carbocycles. The Morgan fingerprint density at radius 3 is 2.91 bits per heavy atom. The van der Waals surface area contributed by atoms with Crippen LogP contribution in [0.15, 0.2) is 36.7 Å². The van der Waals surface area contributed by atoms with Crippen molar-refractivity contribution in [3.8, 4) is 5.88 Å². The smallest absolute Gasteiger partial charge is 0.234 e. The van der Waals surface area contributed by atoms with E-state index in [1.54, 1.807) is 12.4 Å². The Bertz CT molecular complexity index is 659. The molecule has 0 amide bonds. The molecule has 0 aliphatic carbocycles. The van der Waals surface area contributed by atoms with Crippen molar-refractivity contribution in [1.29, 1.82) is 0 Å². The van der Waals surface area contributed by atoms with Crippen molar-refractivity contribution >= 4 is 17.4 Å². The summed E-state index contributed by atoms with van der Waals surface area (Å²) in [4.78, 5) is 8.47. The van der Waals surface area contributed by atoms with Crippen LogP contribution in [-0.2, 0) is 11.3 Å². The molecule has 0 unspecified atom stereocenters. The molecule has 1 saturated heterocycles. The molecule has 23 heavy (non-hydrogen) atoms. The highest BCUT2D eigenvalue weighted by molar-refractivity contribution is 6.30. The summed E-state index contributed by atoms with van der Waals surface area (Å²) in [6, 6.07) is 7.47. The molecular weight excluding hydrogens is 318 g/mol. The number of rotatable bonds is 7. The summed E-state index contributed by atoms with van der Waals surface area (Å²) in [7, 11) is 0. The van der Waals surface area contributed by atoms with Crippen LogP contribution in [0, 0.1) is 5.41 Å². The number of aliphatic hydroxyl groups is 1. The Hall–Kier alpha value is -1.89. The van der Waals surface area contributed by atoms with E-state index >= 15 is 0 Å². The van der Waals surface area contributed by atoms with Gasteiger partial charge in [0.25, 0.3) is 0 Å². The molecule has 2 heterocycles. The Morgan fingerprint density at radius 2 is 2.22 bits per heavy atom. The van der Waals surface area contributed by atoms with E-state index in [0.29, 0.717) is 43.1 Å². The van der Waals surface area contributed by atoms with Gasteiger partial charge in [-0.25, -0.2) is 0 Å². The first-order chi connectivity index (χ1) is 11.2. The lowest BCUT2D eigenvalue weighted by Crippen LogP contribution is -2.50. The minimum absolute atomic E-state index is 0.0817. The minimum atomic E-state index is -0.223. The van der Waals surface area contributed by atoms with Gasteiger partial charge in [-0.2, -0.15) is 4.98 Å². The van der Waals surface area contributed by atoms with E-state index in [4.69, 9.17) is 21.1 Å². The van der Waals surface area contributed by atoms with Crippen LogP contribution in [0.4, 0.5) is 5.82 Å². The van der Waals surface area contributed by atoms with Crippen LogP contribution in [0.2, 0.25) is 5.02 Å². The van der Waals surface area contributed by atoms with Crippen molar-refractivity contribution < 1.29 is 14.6 Å². The number of aromatic nitrogens is 2. The summed E-state index contributed by atoms with van der Waals surface area (Å²) in [5, 5.41) is 13.3. The van der Waals surface area contributed by atoms with E-state index in [9.17, 15) is 5.11 Å². The normalized spacial score (nSPS) is 15.7. The van der Waals surface area contributed by atoms with Crippen molar-refractivity contribution in [3.05, 3.63) is 47.2 Å². The minimum Gasteiger partial charge on any atom is -0.472 e. The Balaban J connectivity index is 1.56. The summed E-state index contributed by atoms with van der Waals surface area (Å²) in [5.41, 5.74) is 0.739. The Kier molecular flexibility index (Phi) is 4.95. The van der Waals surface area contributed by atoms with Crippen LogP contribution in [-0.4, -0.2) is 41.4 Å². The van der Waals surface area contributed by atoms with Gasteiger partial charge >= 0.3 is 0 Å². The third-order valence-corrected chi connectivity index (χ3v) is 3.92. The van der Waals surface area contributed by atoms with Crippen molar-refractivity contribution in [3.63, 3.8) is 0 Å². The second kappa shape index (κ2) is 7.12. The molecule has 1 aliphatic rings. The number of aliphatic hydroxyl groups excluding tert-OH is 1. The fourth-order valence-corrected chi connectivity index (χ4v) is 2.42. The fraction of sp³-hybridized carbons (Fsp3) is 0.375. The molecule has 1 aliphatic heterocycles. The van der Waals surface area contributed by atoms with Gasteiger partial charge in [-0.15, -0.1) is 0 Å². The molecule has 6 nitrogen and oxygen atoms in total. The van der Waals surface area contributed by atoms with Crippen molar-refractivity contribution in [2.45, 2.75) is 6.61 Å². The monoisotopic (exact) mass is 335 g/mol. The molecule has 1 aromatic carbocycles. The van der Waals surface area contributed by atoms with Crippen LogP contribution in [0.25, 0.3) is 0 Å². The third-order valence-electron chi connectivity index (χ3n) is 3.68. The fourth-order valence-electron chi connectivity index (χ4n) is 2.20. The number of anilines is 1. The summed E-state index contributed by atoms with van der Waals surface area (Å²) in [6.07, 6.45) is 3.18. The van der Waals surface area contributed by atoms with Crippen LogP contribution >= 0.6 is 11.6 Å². The molecule has 0 atom stereocenters. The summed E-state index contributed by atoms with van der Waals surface area (Å²) in [5.74, 6) is 1.03. The second-order valence-electron chi connectivity index (χ2n) is 5.67. The Morgan fingerprint density at radius 1 is 1.35 bits per heavy atom. The summed E-state index contributed by atoms with van der Waals surface area (Å²) < 4.78 is 10.8. The standard InChI is InChI=1S/C16H18ClN3O3/c17-13-3-1-2-12(4-13)7-23-15-6-18-5-14(20-15)19-8-16(9-21)10-22-11-16/h1-6,21H,7-11H2,(H,19,20). The maximum atomic E-state index is 9.41. The van der Waals surface area contributed by atoms with E-state index in [1.807, 2.05) is 24.3 Å². The quantitative estimate of drug-likeness (QED) is 0.807. The van der Waals surface area contributed by atoms with E-state index < -0.39 is 0 Å². The van der Waals surface area contributed by atoms with Crippen LogP contribution in [0.3, 0.4) is 0 Å². The zero-order valence-electron chi connectivity index (χ0n) is 12.5. The number of nitrogens with zero attached hydrogens (tertiary/aromatic N) is 2. The zero-order valence-corrected chi connectivity index (χ0v) is 13.3. The van der Waals surface area contributed by atoms with Gasteiger partial charge in [-0.3, -0.25) is 4.98 Å². The van der Waals surface area contributed by atoms with Gasteiger partial charge in [0.1, 0.15) is 12.4 Å². The molecule has 7 heteroatoms. The molecule has 0 radical (unpaired) electrons. The van der Waals surface area contributed by atoms with Gasteiger partial charge < -0.3 is 19.9 Å². The number of halogens is 1. The zero-order chi connectivity index (χ0) is 16.1. The molecule has 1 aromatic heterocycles. The van der Waals surface area contributed by atoms with Crippen LogP contribution < -0.4 is 10.1 Å². The first kappa shape index (κ1) is 16.0. The summed E-state index contributed by atoms with van der Waals surface area (Å²) >= 11 is 5.94. The van der Waals surface area contributed by atoms with Crippen LogP contribution in [0.1, 0.15) is 5.56 Å². The number of hydrogen-bond donors (Lipinski definition) is 2. The molecular formula is C16H18ClN3O3. The average Bonchev–Trinajstić information content (AvgIpc) is 2.53. The number of ether oxygens (including phenoxy) is 2. The van der Waals surface area contributed by atoms with Gasteiger partial charge in [0.15, 0.2) is 0 Å². The van der Waals surface area contributed by atoms with Gasteiger partial charge in [-0.1, -0.05) is 23.7 Å². The average molecular weight is 336 g/mol. The second-order valence-corrected chi connectivity index (χ2v) is 6.10. The molecule has 0 bridgehead atoms. The molecule has 0 spiro atoms. The van der Waals surface area contributed by atoms with Gasteiger partial charge in [0.2, 0.25) is 5.88 Å². The summed E-state index contributed by atoms with van der Waals surface area (Å²) in [6.45, 7) is 2.13. The lowest BCUT2D eigenvalue weighted by atomic mass is 9.87. The predicted molar refractivity (Wildman–Crippen MR) is 86.6 cm³/mol. The SMILES string of the molecule is OCC1(CNc2cncc(OCc3cccc(Cl)c3)n2)COC1. The van der Waals surface area contributed by atoms with Gasteiger partial charge in [-0.05, 0) is 17.7 Å². The first-order valence-corrected chi connectivity index (χ1v) is 7.69. The van der Waals surface area contributed by atoms with Crippen molar-refractivity contribution in [2.24, 2.45) is 5.41 Å². The molecule has 2 N–H and O–H groups in total. The number of nitrogens with one attached hydrogen (secondary N) is 1. The highest BCUT2D eigenvalue weighted by Gasteiger charge is 2.37. The topological polar surface area (TPSA) is 76.5 Å². The molecule has 2 aromatic rings. The molecule has 3 rings (SSSR count).